The summed E-state index contributed by atoms with van der Waals surface area (Å²) in [4.78, 5) is 2.24. The van der Waals surface area contributed by atoms with Gasteiger partial charge in [-0.2, -0.15) is 0 Å². The topological polar surface area (TPSA) is 41.3 Å². The number of nitrogens with one attached hydrogen (secondary N) is 1. The number of nitrogens with two attached hydrogens (primary N) is 1. The zero-order chi connectivity index (χ0) is 9.97. The fraction of sp³-hybridized carbons (Fsp3) is 1.00. The number of halogens is 2. The molecule has 2 aliphatic rings. The molecule has 0 saturated carbocycles. The Balaban J connectivity index is 0.00000112. The molecule has 90 valence electrons. The van der Waals surface area contributed by atoms with E-state index in [9.17, 15) is 4.39 Å². The van der Waals surface area contributed by atoms with Crippen molar-refractivity contribution in [2.75, 3.05) is 32.7 Å². The van der Waals surface area contributed by atoms with Gasteiger partial charge in [-0.3, -0.25) is 4.90 Å². The van der Waals surface area contributed by atoms with Crippen LogP contribution < -0.4 is 11.1 Å². The first-order valence-corrected chi connectivity index (χ1v) is 5.58. The third-order valence-corrected chi connectivity index (χ3v) is 3.40. The van der Waals surface area contributed by atoms with E-state index in [0.29, 0.717) is 25.4 Å². The smallest absolute Gasteiger partial charge is 0.114 e. The van der Waals surface area contributed by atoms with Gasteiger partial charge in [-0.05, 0) is 31.8 Å². The monoisotopic (exact) mass is 237 g/mol. The number of rotatable bonds is 3. The van der Waals surface area contributed by atoms with Gasteiger partial charge in [-0.25, -0.2) is 4.39 Å². The Labute approximate surface area is 97.0 Å². The van der Waals surface area contributed by atoms with Crippen molar-refractivity contribution < 1.29 is 4.39 Å². The van der Waals surface area contributed by atoms with Gasteiger partial charge in [0.25, 0.3) is 0 Å². The summed E-state index contributed by atoms with van der Waals surface area (Å²) in [6.45, 7) is 4.42. The summed E-state index contributed by atoms with van der Waals surface area (Å²) in [5.74, 6) is 0.703. The lowest BCUT2D eigenvalue weighted by molar-refractivity contribution is 0.215. The van der Waals surface area contributed by atoms with Crippen molar-refractivity contribution in [3.05, 3.63) is 0 Å². The molecule has 0 aliphatic carbocycles. The minimum absolute atomic E-state index is 0. The first-order chi connectivity index (χ1) is 6.79. The van der Waals surface area contributed by atoms with Crippen molar-refractivity contribution in [2.45, 2.75) is 25.1 Å². The standard InChI is InChI=1S/C10H20FN3.ClH/c11-9-3-10(4-12)14(7-9)6-8-1-2-13-5-8;/h8-10,13H,1-7,12H2;1H/t8?,9-,10+;/m1./s1. The van der Waals surface area contributed by atoms with E-state index in [2.05, 4.69) is 10.2 Å². The van der Waals surface area contributed by atoms with E-state index in [1.165, 1.54) is 6.42 Å². The lowest BCUT2D eigenvalue weighted by Gasteiger charge is -2.25. The van der Waals surface area contributed by atoms with Crippen LogP contribution in [0.3, 0.4) is 0 Å². The van der Waals surface area contributed by atoms with E-state index in [1.807, 2.05) is 0 Å². The molecule has 15 heavy (non-hydrogen) atoms. The summed E-state index contributed by atoms with van der Waals surface area (Å²) in [6, 6.07) is 0.283. The van der Waals surface area contributed by atoms with Gasteiger partial charge in [0, 0.05) is 25.7 Å². The molecule has 2 aliphatic heterocycles. The third-order valence-electron chi connectivity index (χ3n) is 3.40. The van der Waals surface area contributed by atoms with Gasteiger partial charge in [0.2, 0.25) is 0 Å². The largest absolute Gasteiger partial charge is 0.329 e. The molecule has 2 fully saturated rings. The first kappa shape index (κ1) is 13.2. The lowest BCUT2D eigenvalue weighted by Crippen LogP contribution is -2.39. The number of alkyl halides is 1. The van der Waals surface area contributed by atoms with Crippen LogP contribution in [0.25, 0.3) is 0 Å². The van der Waals surface area contributed by atoms with Crippen LogP contribution in [-0.2, 0) is 0 Å². The SMILES string of the molecule is Cl.NC[C@@H]1C[C@@H](F)CN1CC1CCNC1. The molecule has 0 spiro atoms. The van der Waals surface area contributed by atoms with Gasteiger partial charge >= 0.3 is 0 Å². The Kier molecular flexibility index (Phi) is 5.26. The molecule has 3 atom stereocenters. The van der Waals surface area contributed by atoms with E-state index < -0.39 is 6.17 Å². The molecule has 0 amide bonds. The highest BCUT2D eigenvalue weighted by Gasteiger charge is 2.32. The van der Waals surface area contributed by atoms with Crippen molar-refractivity contribution >= 4 is 12.4 Å². The molecule has 5 heteroatoms. The van der Waals surface area contributed by atoms with Gasteiger partial charge in [0.15, 0.2) is 0 Å². The summed E-state index contributed by atoms with van der Waals surface area (Å²) < 4.78 is 13.2. The second-order valence-corrected chi connectivity index (χ2v) is 4.54. The molecule has 1 unspecified atom stereocenters. The lowest BCUT2D eigenvalue weighted by atomic mass is 10.1. The Morgan fingerprint density at radius 1 is 1.47 bits per heavy atom. The molecular weight excluding hydrogens is 217 g/mol. The van der Waals surface area contributed by atoms with Crippen LogP contribution >= 0.6 is 12.4 Å². The van der Waals surface area contributed by atoms with Gasteiger partial charge in [0.05, 0.1) is 0 Å². The Bertz CT molecular complexity index is 188. The Hall–Kier alpha value is 0.1000. The normalized spacial score (nSPS) is 36.8. The summed E-state index contributed by atoms with van der Waals surface area (Å²) >= 11 is 0. The van der Waals surface area contributed by atoms with E-state index in [-0.39, 0.29) is 18.4 Å². The molecule has 0 aromatic heterocycles. The molecule has 3 N–H and O–H groups in total. The van der Waals surface area contributed by atoms with Crippen molar-refractivity contribution in [2.24, 2.45) is 11.7 Å². The van der Waals surface area contributed by atoms with Gasteiger partial charge in [-0.1, -0.05) is 0 Å². The highest BCUT2D eigenvalue weighted by atomic mass is 35.5. The second-order valence-electron chi connectivity index (χ2n) is 4.54. The number of hydrogen-bond donors (Lipinski definition) is 2. The van der Waals surface area contributed by atoms with Crippen LogP contribution in [0.5, 0.6) is 0 Å². The predicted octanol–water partition coefficient (Wildman–Crippen LogP) is 0.389. The molecule has 2 heterocycles. The van der Waals surface area contributed by atoms with Crippen LogP contribution in [0, 0.1) is 5.92 Å². The fourth-order valence-corrected chi connectivity index (χ4v) is 2.59. The zero-order valence-electron chi connectivity index (χ0n) is 8.99. The molecule has 0 aromatic carbocycles. The summed E-state index contributed by atoms with van der Waals surface area (Å²) in [5.41, 5.74) is 5.64. The van der Waals surface area contributed by atoms with Crippen LogP contribution in [0.1, 0.15) is 12.8 Å². The number of nitrogens with zero attached hydrogens (tertiary/aromatic N) is 1. The molecule has 2 saturated heterocycles. The average Bonchev–Trinajstić information content (AvgIpc) is 2.76. The first-order valence-electron chi connectivity index (χ1n) is 5.58. The third kappa shape index (κ3) is 3.28. The van der Waals surface area contributed by atoms with E-state index in [4.69, 9.17) is 5.73 Å². The molecule has 2 rings (SSSR count). The van der Waals surface area contributed by atoms with Crippen LogP contribution in [0.15, 0.2) is 0 Å². The molecule has 0 aromatic rings. The average molecular weight is 238 g/mol. The molecule has 0 radical (unpaired) electrons. The maximum atomic E-state index is 13.2. The maximum absolute atomic E-state index is 13.2. The van der Waals surface area contributed by atoms with Crippen LogP contribution in [0.2, 0.25) is 0 Å². The minimum Gasteiger partial charge on any atom is -0.329 e. The Morgan fingerprint density at radius 2 is 2.27 bits per heavy atom. The molecule has 3 nitrogen and oxygen atoms in total. The second kappa shape index (κ2) is 5.99. The summed E-state index contributed by atoms with van der Waals surface area (Å²) in [7, 11) is 0. The highest BCUT2D eigenvalue weighted by molar-refractivity contribution is 5.85. The van der Waals surface area contributed by atoms with E-state index in [0.717, 1.165) is 19.6 Å². The van der Waals surface area contributed by atoms with Gasteiger partial charge in [-0.15, -0.1) is 12.4 Å². The Morgan fingerprint density at radius 3 is 2.87 bits per heavy atom. The maximum Gasteiger partial charge on any atom is 0.114 e. The van der Waals surface area contributed by atoms with Gasteiger partial charge < -0.3 is 11.1 Å². The zero-order valence-corrected chi connectivity index (χ0v) is 9.81. The van der Waals surface area contributed by atoms with E-state index in [1.54, 1.807) is 0 Å². The fourth-order valence-electron chi connectivity index (χ4n) is 2.59. The minimum atomic E-state index is -0.655. The van der Waals surface area contributed by atoms with Gasteiger partial charge in [0.1, 0.15) is 6.17 Å². The predicted molar refractivity (Wildman–Crippen MR) is 62.2 cm³/mol. The number of hydrogen-bond acceptors (Lipinski definition) is 3. The molecular formula is C10H21ClFN3. The van der Waals surface area contributed by atoms with Crippen molar-refractivity contribution in [1.82, 2.24) is 10.2 Å². The quantitative estimate of drug-likeness (QED) is 0.746. The van der Waals surface area contributed by atoms with Crippen LogP contribution in [0.4, 0.5) is 4.39 Å². The molecule has 0 bridgehead atoms. The van der Waals surface area contributed by atoms with E-state index >= 15 is 0 Å². The summed E-state index contributed by atoms with van der Waals surface area (Å²) in [5, 5.41) is 3.34. The van der Waals surface area contributed by atoms with Crippen molar-refractivity contribution in [3.8, 4) is 0 Å². The highest BCUT2D eigenvalue weighted by Crippen LogP contribution is 2.22. The number of likely N-dealkylation sites (tertiary alicyclic amines) is 1. The van der Waals surface area contributed by atoms with Crippen LogP contribution in [-0.4, -0.2) is 49.8 Å². The van der Waals surface area contributed by atoms with Crippen molar-refractivity contribution in [3.63, 3.8) is 0 Å². The van der Waals surface area contributed by atoms with Crippen molar-refractivity contribution in [1.29, 1.82) is 0 Å². The summed E-state index contributed by atoms with van der Waals surface area (Å²) in [6.07, 6.45) is 1.21.